The molecule has 0 aliphatic carbocycles. The number of nitrogens with one attached hydrogen (secondary N) is 1. The smallest absolute Gasteiger partial charge is 0.165 e. The topological polar surface area (TPSA) is 92.5 Å². The van der Waals surface area contributed by atoms with Gasteiger partial charge in [-0.3, -0.25) is 0 Å². The summed E-state index contributed by atoms with van der Waals surface area (Å²) in [6.45, 7) is 0.547. The first kappa shape index (κ1) is 11.0. The van der Waals surface area contributed by atoms with Crippen LogP contribution in [0.1, 0.15) is 11.5 Å². The third kappa shape index (κ3) is 2.34. The van der Waals surface area contributed by atoms with Crippen LogP contribution in [0.5, 0.6) is 0 Å². The van der Waals surface area contributed by atoms with E-state index in [0.717, 1.165) is 5.82 Å². The van der Waals surface area contributed by atoms with Crippen molar-refractivity contribution in [3.05, 3.63) is 36.0 Å². The number of nitrogens with two attached hydrogens (primary N) is 1. The van der Waals surface area contributed by atoms with Crippen LogP contribution in [-0.4, -0.2) is 14.5 Å². The number of imidazole rings is 1. The second kappa shape index (κ2) is 4.53. The molecule has 0 spiro atoms. The van der Waals surface area contributed by atoms with E-state index in [2.05, 4.69) is 15.3 Å². The summed E-state index contributed by atoms with van der Waals surface area (Å²) in [6, 6.07) is 5.34. The van der Waals surface area contributed by atoms with Crippen molar-refractivity contribution in [3.63, 3.8) is 0 Å². The zero-order valence-electron chi connectivity index (χ0n) is 9.38. The Morgan fingerprint density at radius 2 is 2.35 bits per heavy atom. The first-order valence-electron chi connectivity index (χ1n) is 5.07. The number of nitrogen functional groups attached to an aromatic ring is 1. The van der Waals surface area contributed by atoms with Gasteiger partial charge in [-0.05, 0) is 12.1 Å². The number of pyridine rings is 1. The lowest BCUT2D eigenvalue weighted by Crippen LogP contribution is -2.07. The fraction of sp³-hybridized carbons (Fsp3) is 0.182. The Balaban J connectivity index is 2.10. The maximum Gasteiger partial charge on any atom is 0.165 e. The molecule has 6 nitrogen and oxygen atoms in total. The Morgan fingerprint density at radius 1 is 1.53 bits per heavy atom. The molecule has 0 aromatic carbocycles. The average molecular weight is 228 g/mol. The summed E-state index contributed by atoms with van der Waals surface area (Å²) in [7, 11) is 1.92. The van der Waals surface area contributed by atoms with Gasteiger partial charge in [0.15, 0.2) is 5.69 Å². The number of nitrogens with zero attached hydrogens (tertiary/aromatic N) is 4. The molecule has 3 N–H and O–H groups in total. The number of aryl methyl sites for hydroxylation is 1. The fourth-order valence-electron chi connectivity index (χ4n) is 1.39. The van der Waals surface area contributed by atoms with Crippen molar-refractivity contribution in [2.24, 2.45) is 7.05 Å². The molecule has 0 aliphatic heterocycles. The second-order valence-electron chi connectivity index (χ2n) is 3.55. The van der Waals surface area contributed by atoms with Crippen LogP contribution < -0.4 is 11.1 Å². The summed E-state index contributed by atoms with van der Waals surface area (Å²) in [6.07, 6.45) is 3.60. The van der Waals surface area contributed by atoms with Crippen molar-refractivity contribution in [2.75, 3.05) is 11.1 Å². The summed E-state index contributed by atoms with van der Waals surface area (Å²) >= 11 is 0. The van der Waals surface area contributed by atoms with E-state index in [4.69, 9.17) is 11.0 Å². The van der Waals surface area contributed by atoms with E-state index in [-0.39, 0.29) is 5.69 Å². The van der Waals surface area contributed by atoms with Gasteiger partial charge in [-0.1, -0.05) is 0 Å². The van der Waals surface area contributed by atoms with Crippen LogP contribution in [0.2, 0.25) is 0 Å². The fourth-order valence-corrected chi connectivity index (χ4v) is 1.39. The minimum absolute atomic E-state index is 0.231. The second-order valence-corrected chi connectivity index (χ2v) is 3.55. The van der Waals surface area contributed by atoms with Gasteiger partial charge >= 0.3 is 0 Å². The Labute approximate surface area is 98.7 Å². The third-order valence-electron chi connectivity index (χ3n) is 2.38. The Bertz CT molecular complexity index is 566. The molecule has 0 saturated heterocycles. The van der Waals surface area contributed by atoms with Gasteiger partial charge < -0.3 is 15.6 Å². The lowest BCUT2D eigenvalue weighted by Gasteiger charge is -2.06. The summed E-state index contributed by atoms with van der Waals surface area (Å²) in [4.78, 5) is 8.26. The molecule has 6 heteroatoms. The zero-order chi connectivity index (χ0) is 12.3. The SMILES string of the molecule is Cn1ccnc1CNc1ccc(N)c(C#N)n1. The molecule has 17 heavy (non-hydrogen) atoms. The molecule has 86 valence electrons. The van der Waals surface area contributed by atoms with Gasteiger partial charge in [-0.2, -0.15) is 5.26 Å². The predicted octanol–water partition coefficient (Wildman–Crippen LogP) is 0.881. The summed E-state index contributed by atoms with van der Waals surface area (Å²) in [5.74, 6) is 1.50. The van der Waals surface area contributed by atoms with E-state index in [9.17, 15) is 0 Å². The molecule has 0 radical (unpaired) electrons. The monoisotopic (exact) mass is 228 g/mol. The molecule has 0 fully saturated rings. The van der Waals surface area contributed by atoms with E-state index in [1.165, 1.54) is 0 Å². The van der Waals surface area contributed by atoms with E-state index in [1.807, 2.05) is 23.9 Å². The molecule has 2 heterocycles. The van der Waals surface area contributed by atoms with E-state index in [1.54, 1.807) is 18.3 Å². The first-order chi connectivity index (χ1) is 8.20. The predicted molar refractivity (Wildman–Crippen MR) is 63.9 cm³/mol. The molecular formula is C11H12N6. The van der Waals surface area contributed by atoms with Crippen LogP contribution >= 0.6 is 0 Å². The molecule has 0 atom stereocenters. The molecule has 2 rings (SSSR count). The van der Waals surface area contributed by atoms with Crippen LogP contribution in [0.25, 0.3) is 0 Å². The Kier molecular flexibility index (Phi) is 2.92. The maximum absolute atomic E-state index is 8.80. The minimum atomic E-state index is 0.231. The van der Waals surface area contributed by atoms with Gasteiger partial charge in [0, 0.05) is 19.4 Å². The van der Waals surface area contributed by atoms with Crippen molar-refractivity contribution in [2.45, 2.75) is 6.54 Å². The van der Waals surface area contributed by atoms with Gasteiger partial charge in [0.05, 0.1) is 12.2 Å². The van der Waals surface area contributed by atoms with Gasteiger partial charge in [0.1, 0.15) is 17.7 Å². The van der Waals surface area contributed by atoms with Crippen LogP contribution in [0.15, 0.2) is 24.5 Å². The Hall–Kier alpha value is -2.55. The molecule has 0 saturated carbocycles. The number of nitriles is 1. The number of anilines is 2. The van der Waals surface area contributed by atoms with Gasteiger partial charge in [-0.25, -0.2) is 9.97 Å². The van der Waals surface area contributed by atoms with Crippen molar-refractivity contribution < 1.29 is 0 Å². The minimum Gasteiger partial charge on any atom is -0.396 e. The van der Waals surface area contributed by atoms with Crippen LogP contribution in [0.4, 0.5) is 11.5 Å². The highest BCUT2D eigenvalue weighted by Gasteiger charge is 2.03. The highest BCUT2D eigenvalue weighted by molar-refractivity contribution is 5.54. The van der Waals surface area contributed by atoms with Crippen LogP contribution in [0.3, 0.4) is 0 Å². The molecule has 0 bridgehead atoms. The normalized spacial score (nSPS) is 9.88. The molecular weight excluding hydrogens is 216 g/mol. The number of rotatable bonds is 3. The third-order valence-corrected chi connectivity index (χ3v) is 2.38. The molecule has 2 aromatic heterocycles. The molecule has 0 unspecified atom stereocenters. The van der Waals surface area contributed by atoms with Crippen molar-refractivity contribution in [3.8, 4) is 6.07 Å². The van der Waals surface area contributed by atoms with Gasteiger partial charge in [-0.15, -0.1) is 0 Å². The largest absolute Gasteiger partial charge is 0.396 e. The zero-order valence-corrected chi connectivity index (χ0v) is 9.38. The lowest BCUT2D eigenvalue weighted by atomic mass is 10.3. The quantitative estimate of drug-likeness (QED) is 0.813. The number of hydrogen-bond donors (Lipinski definition) is 2. The Morgan fingerprint density at radius 3 is 3.00 bits per heavy atom. The average Bonchev–Trinajstić information content (AvgIpc) is 2.74. The number of hydrogen-bond acceptors (Lipinski definition) is 5. The first-order valence-corrected chi connectivity index (χ1v) is 5.07. The van der Waals surface area contributed by atoms with Crippen LogP contribution in [-0.2, 0) is 13.6 Å². The summed E-state index contributed by atoms with van der Waals surface area (Å²) < 4.78 is 1.91. The maximum atomic E-state index is 8.80. The van der Waals surface area contributed by atoms with Crippen molar-refractivity contribution in [1.29, 1.82) is 5.26 Å². The van der Waals surface area contributed by atoms with Gasteiger partial charge in [0.25, 0.3) is 0 Å². The molecule has 0 aliphatic rings. The standard InChI is InChI=1S/C11H12N6/c1-17-5-4-14-11(17)7-15-10-3-2-8(13)9(6-12)16-10/h2-5H,7,13H2,1H3,(H,15,16). The van der Waals surface area contributed by atoms with Gasteiger partial charge in [0.2, 0.25) is 0 Å². The lowest BCUT2D eigenvalue weighted by molar-refractivity contribution is 0.811. The van der Waals surface area contributed by atoms with Crippen LogP contribution in [0, 0.1) is 11.3 Å². The molecule has 2 aromatic rings. The molecule has 0 amide bonds. The van der Waals surface area contributed by atoms with E-state index < -0.39 is 0 Å². The summed E-state index contributed by atoms with van der Waals surface area (Å²) in [5.41, 5.74) is 6.20. The van der Waals surface area contributed by atoms with Crippen molar-refractivity contribution in [1.82, 2.24) is 14.5 Å². The van der Waals surface area contributed by atoms with E-state index >= 15 is 0 Å². The highest BCUT2D eigenvalue weighted by atomic mass is 15.1. The number of aromatic nitrogens is 3. The van der Waals surface area contributed by atoms with E-state index in [0.29, 0.717) is 18.1 Å². The highest BCUT2D eigenvalue weighted by Crippen LogP contribution is 2.12. The van der Waals surface area contributed by atoms with Crippen molar-refractivity contribution >= 4 is 11.5 Å². The summed E-state index contributed by atoms with van der Waals surface area (Å²) in [5, 5.41) is 11.9.